The second-order valence-electron chi connectivity index (χ2n) is 4.45. The van der Waals surface area contributed by atoms with E-state index < -0.39 is 11.1 Å². The molecule has 2 aromatic heterocycles. The fraction of sp³-hybridized carbons (Fsp3) is 0.333. The van der Waals surface area contributed by atoms with Gasteiger partial charge in [0.1, 0.15) is 5.03 Å². The van der Waals surface area contributed by atoms with Gasteiger partial charge >= 0.3 is 11.1 Å². The predicted octanol–water partition coefficient (Wildman–Crippen LogP) is -0.0955. The zero-order valence-electron chi connectivity index (χ0n) is 11.2. The molecule has 1 unspecified atom stereocenters. The lowest BCUT2D eigenvalue weighted by Gasteiger charge is -2.10. The molecule has 2 rings (SSSR count). The second-order valence-corrected chi connectivity index (χ2v) is 5.41. The molecule has 0 spiro atoms. The van der Waals surface area contributed by atoms with E-state index in [1.54, 1.807) is 13.2 Å². The van der Waals surface area contributed by atoms with E-state index in [9.17, 15) is 9.59 Å². The average molecular weight is 293 g/mol. The summed E-state index contributed by atoms with van der Waals surface area (Å²) in [6.45, 7) is 1.91. The van der Waals surface area contributed by atoms with Crippen molar-refractivity contribution in [1.82, 2.24) is 19.7 Å². The summed E-state index contributed by atoms with van der Waals surface area (Å²) in [6, 6.07) is 3.77. The van der Waals surface area contributed by atoms with Crippen molar-refractivity contribution in [3.8, 4) is 0 Å². The Morgan fingerprint density at radius 2 is 2.25 bits per heavy atom. The van der Waals surface area contributed by atoms with Crippen LogP contribution in [-0.2, 0) is 13.5 Å². The van der Waals surface area contributed by atoms with E-state index in [4.69, 9.17) is 5.73 Å². The number of hydrogen-bond donors (Lipinski definition) is 2. The topological polar surface area (TPSA) is 107 Å². The van der Waals surface area contributed by atoms with Crippen molar-refractivity contribution in [2.24, 2.45) is 12.8 Å². The van der Waals surface area contributed by atoms with Crippen LogP contribution in [0.3, 0.4) is 0 Å². The van der Waals surface area contributed by atoms with Gasteiger partial charge in [0.25, 0.3) is 0 Å². The summed E-state index contributed by atoms with van der Waals surface area (Å²) in [4.78, 5) is 30.5. The first-order chi connectivity index (χ1) is 9.47. The number of hydrogen-bond acceptors (Lipinski definition) is 6. The molecule has 3 N–H and O–H groups in total. The van der Waals surface area contributed by atoms with E-state index >= 15 is 0 Å². The maximum Gasteiger partial charge on any atom is 0.339 e. The van der Waals surface area contributed by atoms with Gasteiger partial charge in [-0.1, -0.05) is 6.07 Å². The zero-order valence-corrected chi connectivity index (χ0v) is 12.0. The zero-order chi connectivity index (χ0) is 14.7. The molecular weight excluding hydrogens is 278 g/mol. The van der Waals surface area contributed by atoms with Crippen LogP contribution in [-0.4, -0.2) is 25.8 Å². The Morgan fingerprint density at radius 3 is 2.95 bits per heavy atom. The number of nitrogens with two attached hydrogens (primary N) is 1. The lowest BCUT2D eigenvalue weighted by atomic mass is 10.1. The largest absolute Gasteiger partial charge is 0.339 e. The van der Waals surface area contributed by atoms with Gasteiger partial charge in [-0.2, -0.15) is 4.98 Å². The molecule has 20 heavy (non-hydrogen) atoms. The van der Waals surface area contributed by atoms with Crippen LogP contribution in [0.5, 0.6) is 0 Å². The summed E-state index contributed by atoms with van der Waals surface area (Å²) in [6.07, 6.45) is 2.34. The Morgan fingerprint density at radius 1 is 1.50 bits per heavy atom. The van der Waals surface area contributed by atoms with E-state index in [-0.39, 0.29) is 6.04 Å². The molecule has 8 heteroatoms. The van der Waals surface area contributed by atoms with Crippen molar-refractivity contribution in [3.63, 3.8) is 0 Å². The van der Waals surface area contributed by atoms with E-state index in [1.165, 1.54) is 16.4 Å². The molecule has 0 saturated heterocycles. The third kappa shape index (κ3) is 3.34. The van der Waals surface area contributed by atoms with Crippen molar-refractivity contribution in [3.05, 3.63) is 44.6 Å². The molecule has 7 nitrogen and oxygen atoms in total. The minimum atomic E-state index is -0.810. The quantitative estimate of drug-likeness (QED) is 0.763. The molecule has 1 atom stereocenters. The van der Waals surface area contributed by atoms with E-state index in [0.29, 0.717) is 11.6 Å². The fourth-order valence-corrected chi connectivity index (χ4v) is 2.54. The summed E-state index contributed by atoms with van der Waals surface area (Å²) < 4.78 is 1.40. The highest BCUT2D eigenvalue weighted by Gasteiger charge is 2.11. The number of H-pyrrole nitrogens is 1. The van der Waals surface area contributed by atoms with Gasteiger partial charge in [0.2, 0.25) is 0 Å². The van der Waals surface area contributed by atoms with Crippen LogP contribution < -0.4 is 16.9 Å². The number of aryl methyl sites for hydroxylation is 1. The maximum absolute atomic E-state index is 11.3. The first-order valence-electron chi connectivity index (χ1n) is 6.02. The van der Waals surface area contributed by atoms with Crippen molar-refractivity contribution >= 4 is 11.8 Å². The third-order valence-electron chi connectivity index (χ3n) is 2.53. The summed E-state index contributed by atoms with van der Waals surface area (Å²) in [5.41, 5.74) is 5.23. The second kappa shape index (κ2) is 6.02. The van der Waals surface area contributed by atoms with Crippen molar-refractivity contribution in [2.45, 2.75) is 29.6 Å². The van der Waals surface area contributed by atoms with Crippen LogP contribution in [0.25, 0.3) is 0 Å². The van der Waals surface area contributed by atoms with Gasteiger partial charge in [-0.15, -0.1) is 0 Å². The predicted molar refractivity (Wildman–Crippen MR) is 75.8 cm³/mol. The van der Waals surface area contributed by atoms with Gasteiger partial charge in [-0.25, -0.2) is 4.98 Å². The highest BCUT2D eigenvalue weighted by Crippen LogP contribution is 2.26. The normalized spacial score (nSPS) is 12.3. The number of nitrogens with zero attached hydrogens (tertiary/aromatic N) is 3. The minimum absolute atomic E-state index is 0.00547. The Balaban J connectivity index is 2.38. The molecular formula is C12H15N5O2S. The Bertz CT molecular complexity index is 722. The van der Waals surface area contributed by atoms with Gasteiger partial charge < -0.3 is 5.73 Å². The Kier molecular flexibility index (Phi) is 4.35. The summed E-state index contributed by atoms with van der Waals surface area (Å²) in [7, 11) is 1.62. The molecule has 0 radical (unpaired) electrons. The van der Waals surface area contributed by atoms with Crippen LogP contribution >= 0.6 is 11.8 Å². The minimum Gasteiger partial charge on any atom is -0.328 e. The molecule has 0 aliphatic rings. The molecule has 0 aliphatic heterocycles. The maximum atomic E-state index is 11.3. The van der Waals surface area contributed by atoms with Gasteiger partial charge in [0.15, 0.2) is 5.16 Å². The van der Waals surface area contributed by atoms with Crippen LogP contribution in [0, 0.1) is 0 Å². The SMILES string of the molecule is CC(N)Cc1cccnc1Sc1nc(=O)c(=O)[nH]n1C. The molecule has 0 bridgehead atoms. The molecule has 2 heterocycles. The molecule has 0 amide bonds. The van der Waals surface area contributed by atoms with Gasteiger partial charge in [-0.05, 0) is 36.7 Å². The standard InChI is InChI=1S/C12H15N5O2S/c1-7(13)6-8-4-3-5-14-11(8)20-12-15-9(18)10(19)16-17(12)2/h3-5,7H,6,13H2,1-2H3,(H,16,19). The summed E-state index contributed by atoms with van der Waals surface area (Å²) in [5, 5.41) is 3.50. The van der Waals surface area contributed by atoms with Gasteiger partial charge in [-0.3, -0.25) is 19.4 Å². The number of aromatic amines is 1. The van der Waals surface area contributed by atoms with Crippen LogP contribution in [0.4, 0.5) is 0 Å². The lowest BCUT2D eigenvalue weighted by molar-refractivity contribution is 0.595. The number of pyridine rings is 1. The van der Waals surface area contributed by atoms with Crippen molar-refractivity contribution in [2.75, 3.05) is 0 Å². The first-order valence-corrected chi connectivity index (χ1v) is 6.83. The summed E-state index contributed by atoms with van der Waals surface area (Å²) >= 11 is 1.22. The van der Waals surface area contributed by atoms with Crippen molar-refractivity contribution < 1.29 is 0 Å². The molecule has 0 saturated carbocycles. The number of rotatable bonds is 4. The van der Waals surface area contributed by atoms with Crippen LogP contribution in [0.1, 0.15) is 12.5 Å². The van der Waals surface area contributed by atoms with Crippen molar-refractivity contribution in [1.29, 1.82) is 0 Å². The van der Waals surface area contributed by atoms with Crippen LogP contribution in [0.15, 0.2) is 38.1 Å². The third-order valence-corrected chi connectivity index (χ3v) is 3.64. The molecule has 106 valence electrons. The van der Waals surface area contributed by atoms with E-state index in [2.05, 4.69) is 15.1 Å². The Hall–Kier alpha value is -1.93. The number of nitrogens with one attached hydrogen (secondary N) is 1. The lowest BCUT2D eigenvalue weighted by Crippen LogP contribution is -2.33. The molecule has 2 aromatic rings. The van der Waals surface area contributed by atoms with E-state index in [1.807, 2.05) is 19.1 Å². The fourth-order valence-electron chi connectivity index (χ4n) is 1.66. The highest BCUT2D eigenvalue weighted by molar-refractivity contribution is 7.99. The number of aromatic nitrogens is 4. The Labute approximate surface area is 119 Å². The van der Waals surface area contributed by atoms with Crippen LogP contribution in [0.2, 0.25) is 0 Å². The monoisotopic (exact) mass is 293 g/mol. The van der Waals surface area contributed by atoms with Gasteiger partial charge in [0, 0.05) is 19.3 Å². The molecule has 0 fully saturated rings. The smallest absolute Gasteiger partial charge is 0.328 e. The average Bonchev–Trinajstić information content (AvgIpc) is 2.37. The van der Waals surface area contributed by atoms with E-state index in [0.717, 1.165) is 10.6 Å². The van der Waals surface area contributed by atoms with Gasteiger partial charge in [0.05, 0.1) is 0 Å². The first kappa shape index (κ1) is 14.5. The highest BCUT2D eigenvalue weighted by atomic mass is 32.2. The molecule has 0 aliphatic carbocycles. The molecule has 0 aromatic carbocycles. The summed E-state index contributed by atoms with van der Waals surface area (Å²) in [5.74, 6) is 0.